The van der Waals surface area contributed by atoms with Gasteiger partial charge in [0.2, 0.25) is 5.91 Å². The number of amides is 3. The molecular weight excluding hydrogens is 480 g/mol. The minimum absolute atomic E-state index is 0.0417. The van der Waals surface area contributed by atoms with E-state index < -0.39 is 23.4 Å². The second-order valence-corrected chi connectivity index (χ2v) is 9.00. The number of carbonyl (C=O) groups is 3. The number of para-hydroxylation sites is 1. The first kappa shape index (κ1) is 26.4. The Labute approximate surface area is 222 Å². The van der Waals surface area contributed by atoms with Gasteiger partial charge in [-0.1, -0.05) is 35.9 Å². The molecule has 0 aromatic heterocycles. The van der Waals surface area contributed by atoms with Gasteiger partial charge in [-0.05, 0) is 69.3 Å². The standard InChI is InChI=1S/C29H32N6O3/c1-5-34(6-2)24-18-16-23(17-19-24)32-29(31-21(4)36)27(30-26(37)22-14-12-20(3)13-15-22)33-35(28(29)38)25-10-8-7-9-11-25/h7-19,32H,5-6H2,1-4H3,(H,31,36)(H,30,33,37). The van der Waals surface area contributed by atoms with Crippen LogP contribution in [0.5, 0.6) is 0 Å². The van der Waals surface area contributed by atoms with E-state index in [1.165, 1.54) is 11.9 Å². The van der Waals surface area contributed by atoms with E-state index in [4.69, 9.17) is 0 Å². The normalized spacial score (nSPS) is 16.6. The lowest BCUT2D eigenvalue weighted by atomic mass is 10.1. The van der Waals surface area contributed by atoms with E-state index in [1.54, 1.807) is 36.4 Å². The van der Waals surface area contributed by atoms with E-state index in [0.29, 0.717) is 16.9 Å². The largest absolute Gasteiger partial charge is 0.372 e. The highest BCUT2D eigenvalue weighted by Gasteiger charge is 2.54. The summed E-state index contributed by atoms with van der Waals surface area (Å²) in [4.78, 5) is 41.8. The predicted molar refractivity (Wildman–Crippen MR) is 150 cm³/mol. The van der Waals surface area contributed by atoms with Crippen LogP contribution in [0, 0.1) is 6.92 Å². The minimum atomic E-state index is -1.85. The Morgan fingerprint density at radius 1 is 0.921 bits per heavy atom. The average molecular weight is 513 g/mol. The zero-order valence-corrected chi connectivity index (χ0v) is 22.0. The maximum atomic E-state index is 14.0. The van der Waals surface area contributed by atoms with Crippen LogP contribution in [0.3, 0.4) is 0 Å². The summed E-state index contributed by atoms with van der Waals surface area (Å²) >= 11 is 0. The van der Waals surface area contributed by atoms with Crippen molar-refractivity contribution in [1.29, 1.82) is 0 Å². The maximum absolute atomic E-state index is 14.0. The van der Waals surface area contributed by atoms with E-state index >= 15 is 0 Å². The molecule has 0 spiro atoms. The van der Waals surface area contributed by atoms with Gasteiger partial charge >= 0.3 is 5.91 Å². The average Bonchev–Trinajstić information content (AvgIpc) is 3.16. The van der Waals surface area contributed by atoms with E-state index in [-0.39, 0.29) is 5.84 Å². The lowest BCUT2D eigenvalue weighted by molar-refractivity contribution is -0.127. The van der Waals surface area contributed by atoms with E-state index in [2.05, 4.69) is 39.8 Å². The number of benzene rings is 3. The number of rotatable bonds is 8. The molecule has 9 heteroatoms. The van der Waals surface area contributed by atoms with Crippen molar-refractivity contribution in [3.8, 4) is 0 Å². The summed E-state index contributed by atoms with van der Waals surface area (Å²) in [7, 11) is 0. The third-order valence-electron chi connectivity index (χ3n) is 6.31. The smallest absolute Gasteiger partial charge is 0.302 e. The van der Waals surface area contributed by atoms with Gasteiger partial charge in [-0.3, -0.25) is 14.4 Å². The van der Waals surface area contributed by atoms with Crippen LogP contribution in [0.2, 0.25) is 0 Å². The topological polar surface area (TPSA) is 106 Å². The van der Waals surface area contributed by atoms with Crippen molar-refractivity contribution < 1.29 is 14.4 Å². The van der Waals surface area contributed by atoms with Crippen molar-refractivity contribution in [3.63, 3.8) is 0 Å². The quantitative estimate of drug-likeness (QED) is 0.397. The molecule has 3 aromatic rings. The third-order valence-corrected chi connectivity index (χ3v) is 6.31. The second kappa shape index (κ2) is 11.2. The second-order valence-electron chi connectivity index (χ2n) is 9.00. The van der Waals surface area contributed by atoms with Crippen LogP contribution in [-0.2, 0) is 9.59 Å². The molecule has 0 aliphatic carbocycles. The summed E-state index contributed by atoms with van der Waals surface area (Å²) in [6.07, 6.45) is 0. The third kappa shape index (κ3) is 5.36. The zero-order chi connectivity index (χ0) is 27.3. The molecule has 1 unspecified atom stereocenters. The van der Waals surface area contributed by atoms with Crippen molar-refractivity contribution in [1.82, 2.24) is 10.6 Å². The van der Waals surface area contributed by atoms with Gasteiger partial charge in [-0.2, -0.15) is 5.01 Å². The molecule has 38 heavy (non-hydrogen) atoms. The van der Waals surface area contributed by atoms with Gasteiger partial charge < -0.3 is 20.9 Å². The molecule has 1 aliphatic heterocycles. The molecular formula is C29H32N6O3. The highest BCUT2D eigenvalue weighted by Crippen LogP contribution is 2.29. The lowest BCUT2D eigenvalue weighted by Gasteiger charge is -2.31. The van der Waals surface area contributed by atoms with Gasteiger partial charge in [0.05, 0.1) is 5.69 Å². The van der Waals surface area contributed by atoms with Gasteiger partial charge in [0.15, 0.2) is 5.84 Å². The van der Waals surface area contributed by atoms with Gasteiger partial charge in [0.25, 0.3) is 11.6 Å². The number of anilines is 3. The van der Waals surface area contributed by atoms with Crippen LogP contribution < -0.4 is 25.9 Å². The number of aryl methyl sites for hydroxylation is 1. The van der Waals surface area contributed by atoms with Crippen molar-refractivity contribution in [2.45, 2.75) is 33.4 Å². The molecule has 4 rings (SSSR count). The fourth-order valence-electron chi connectivity index (χ4n) is 4.31. The Morgan fingerprint density at radius 3 is 2.13 bits per heavy atom. The van der Waals surface area contributed by atoms with E-state index in [9.17, 15) is 14.4 Å². The fraction of sp³-hybridized carbons (Fsp3) is 0.241. The van der Waals surface area contributed by atoms with Crippen LogP contribution in [0.4, 0.5) is 17.1 Å². The van der Waals surface area contributed by atoms with Crippen LogP contribution in [-0.4, -0.2) is 42.3 Å². The Hall–Kier alpha value is -4.66. The van der Waals surface area contributed by atoms with E-state index in [1.807, 2.05) is 49.4 Å². The number of nitrogens with zero attached hydrogens (tertiary/aromatic N) is 3. The maximum Gasteiger partial charge on any atom is 0.302 e. The lowest BCUT2D eigenvalue weighted by Crippen LogP contribution is -2.67. The summed E-state index contributed by atoms with van der Waals surface area (Å²) in [5, 5.41) is 14.3. The molecule has 3 amide bonds. The van der Waals surface area contributed by atoms with Crippen LogP contribution in [0.1, 0.15) is 36.7 Å². The number of carbonyl (C=O) groups excluding carboxylic acids is 3. The van der Waals surface area contributed by atoms with Crippen molar-refractivity contribution in [2.24, 2.45) is 5.10 Å². The predicted octanol–water partition coefficient (Wildman–Crippen LogP) is 3.88. The van der Waals surface area contributed by atoms with Crippen LogP contribution in [0.25, 0.3) is 0 Å². The molecule has 1 atom stereocenters. The summed E-state index contributed by atoms with van der Waals surface area (Å²) in [6, 6.07) is 23.4. The first-order chi connectivity index (χ1) is 18.3. The molecule has 0 bridgehead atoms. The first-order valence-corrected chi connectivity index (χ1v) is 12.6. The van der Waals surface area contributed by atoms with Gasteiger partial charge in [0, 0.05) is 37.0 Å². The number of hydrogen-bond donors (Lipinski definition) is 3. The zero-order valence-electron chi connectivity index (χ0n) is 22.0. The molecule has 0 saturated carbocycles. The molecule has 0 fully saturated rings. The van der Waals surface area contributed by atoms with Crippen LogP contribution in [0.15, 0.2) is 84.0 Å². The number of nitrogens with one attached hydrogen (secondary N) is 3. The molecule has 0 radical (unpaired) electrons. The van der Waals surface area contributed by atoms with Crippen molar-refractivity contribution in [3.05, 3.63) is 90.0 Å². The Kier molecular flexibility index (Phi) is 7.76. The molecule has 1 aliphatic rings. The van der Waals surface area contributed by atoms with E-state index in [0.717, 1.165) is 24.3 Å². The molecule has 0 saturated heterocycles. The number of amidine groups is 1. The number of hydrazone groups is 1. The Bertz CT molecular complexity index is 1330. The van der Waals surface area contributed by atoms with Gasteiger partial charge in [-0.15, -0.1) is 5.10 Å². The molecule has 196 valence electrons. The fourth-order valence-corrected chi connectivity index (χ4v) is 4.31. The Balaban J connectivity index is 1.75. The first-order valence-electron chi connectivity index (χ1n) is 12.6. The Morgan fingerprint density at radius 2 is 1.55 bits per heavy atom. The minimum Gasteiger partial charge on any atom is -0.372 e. The monoisotopic (exact) mass is 512 g/mol. The summed E-state index contributed by atoms with van der Waals surface area (Å²) < 4.78 is 0. The summed E-state index contributed by atoms with van der Waals surface area (Å²) in [6.45, 7) is 9.10. The molecule has 3 aromatic carbocycles. The molecule has 1 heterocycles. The highest BCUT2D eigenvalue weighted by molar-refractivity contribution is 6.28. The SMILES string of the molecule is CCN(CC)c1ccc(NC2(NC(C)=O)C(=O)N(c3ccccc3)N=C2NC(=O)c2ccc(C)cc2)cc1. The molecule has 3 N–H and O–H groups in total. The summed E-state index contributed by atoms with van der Waals surface area (Å²) in [5.41, 5.74) is 1.63. The molecule has 9 nitrogen and oxygen atoms in total. The van der Waals surface area contributed by atoms with Crippen molar-refractivity contribution >= 4 is 40.6 Å². The van der Waals surface area contributed by atoms with Crippen LogP contribution >= 0.6 is 0 Å². The highest BCUT2D eigenvalue weighted by atomic mass is 16.2. The number of hydrogen-bond acceptors (Lipinski definition) is 6. The summed E-state index contributed by atoms with van der Waals surface area (Å²) in [5.74, 6) is -1.54. The van der Waals surface area contributed by atoms with Gasteiger partial charge in [0.1, 0.15) is 0 Å². The van der Waals surface area contributed by atoms with Gasteiger partial charge in [-0.25, -0.2) is 0 Å². The van der Waals surface area contributed by atoms with Crippen molar-refractivity contribution in [2.75, 3.05) is 28.3 Å².